The molecule has 39 heavy (non-hydrogen) atoms. The monoisotopic (exact) mass is 547 g/mol. The van der Waals surface area contributed by atoms with Crippen molar-refractivity contribution in [1.82, 2.24) is 24.4 Å². The zero-order chi connectivity index (χ0) is 26.9. The molecule has 0 amide bonds. The molecule has 7 nitrogen and oxygen atoms in total. The van der Waals surface area contributed by atoms with Crippen molar-refractivity contribution in [3.63, 3.8) is 0 Å². The summed E-state index contributed by atoms with van der Waals surface area (Å²) in [5.74, 6) is 2.20. The molecule has 0 N–H and O–H groups in total. The lowest BCUT2D eigenvalue weighted by molar-refractivity contribution is 0.226. The van der Waals surface area contributed by atoms with Crippen molar-refractivity contribution in [2.75, 3.05) is 63.2 Å². The topological polar surface area (TPSA) is 43.1 Å². The van der Waals surface area contributed by atoms with Gasteiger partial charge in [0.1, 0.15) is 11.6 Å². The van der Waals surface area contributed by atoms with Crippen LogP contribution in [0.4, 0.5) is 11.6 Å². The molecule has 5 heterocycles. The molecule has 1 unspecified atom stereocenters. The standard InChI is InChI=1S/C31H42ClN7/c1-23-26-20-25(32)13-12-24(26)10-9-14-35(2)18-19-36(3)31-22-29(37-15-6-4-7-16-37)33-30-21-27(34-39(30)31)28-11-5-8-17-38(23)28/h12-13,20-22,28H,1,4-11,14-19H2,2-3H3. The van der Waals surface area contributed by atoms with E-state index < -0.39 is 0 Å². The van der Waals surface area contributed by atoms with Crippen LogP contribution in [0.2, 0.25) is 5.02 Å². The van der Waals surface area contributed by atoms with Gasteiger partial charge in [0, 0.05) is 68.2 Å². The van der Waals surface area contributed by atoms with Crippen LogP contribution in [0.3, 0.4) is 0 Å². The maximum atomic E-state index is 6.53. The highest BCUT2D eigenvalue weighted by Gasteiger charge is 2.30. The minimum Gasteiger partial charge on any atom is -0.363 e. The number of fused-ring (bicyclic) bond motifs is 4. The molecular formula is C31H42ClN7. The Bertz CT molecular complexity index is 1330. The van der Waals surface area contributed by atoms with E-state index in [4.69, 9.17) is 21.7 Å². The smallest absolute Gasteiger partial charge is 0.160 e. The van der Waals surface area contributed by atoms with E-state index in [2.05, 4.69) is 69.1 Å². The van der Waals surface area contributed by atoms with Gasteiger partial charge in [-0.25, -0.2) is 4.98 Å². The fraction of sp³-hybridized carbons (Fsp3) is 0.548. The quantitative estimate of drug-likeness (QED) is 0.379. The molecule has 2 bridgehead atoms. The number of rotatable bonds is 1. The number of nitrogens with zero attached hydrogens (tertiary/aromatic N) is 7. The summed E-state index contributed by atoms with van der Waals surface area (Å²) in [5.41, 5.74) is 5.60. The maximum absolute atomic E-state index is 6.53. The number of halogens is 1. The summed E-state index contributed by atoms with van der Waals surface area (Å²) < 4.78 is 2.08. The normalized spacial score (nSPS) is 21.9. The molecule has 0 radical (unpaired) electrons. The van der Waals surface area contributed by atoms with Crippen LogP contribution in [-0.4, -0.2) is 77.8 Å². The number of likely N-dealkylation sites (N-methyl/N-ethyl adjacent to an activating group) is 2. The third kappa shape index (κ3) is 5.48. The molecule has 8 heteroatoms. The summed E-state index contributed by atoms with van der Waals surface area (Å²) in [5, 5.41) is 6.01. The van der Waals surface area contributed by atoms with E-state index in [1.165, 1.54) is 36.8 Å². The molecule has 0 aliphatic carbocycles. The highest BCUT2D eigenvalue weighted by atomic mass is 35.5. The molecule has 0 spiro atoms. The van der Waals surface area contributed by atoms with Crippen LogP contribution in [0.5, 0.6) is 0 Å². The third-order valence-corrected chi connectivity index (χ3v) is 9.10. The average molecular weight is 548 g/mol. The Morgan fingerprint density at radius 1 is 0.872 bits per heavy atom. The molecule has 208 valence electrons. The molecule has 3 aromatic rings. The number of hydrogen-bond acceptors (Lipinski definition) is 6. The fourth-order valence-corrected chi connectivity index (χ4v) is 6.69. The second kappa shape index (κ2) is 11.4. The van der Waals surface area contributed by atoms with E-state index in [0.717, 1.165) is 98.6 Å². The van der Waals surface area contributed by atoms with E-state index in [-0.39, 0.29) is 6.04 Å². The second-order valence-corrected chi connectivity index (χ2v) is 12.1. The summed E-state index contributed by atoms with van der Waals surface area (Å²) >= 11 is 6.53. The van der Waals surface area contributed by atoms with Crippen molar-refractivity contribution in [3.05, 3.63) is 58.8 Å². The highest BCUT2D eigenvalue weighted by molar-refractivity contribution is 6.30. The van der Waals surface area contributed by atoms with Crippen LogP contribution in [0.15, 0.2) is 36.9 Å². The van der Waals surface area contributed by atoms with Gasteiger partial charge in [-0.2, -0.15) is 9.61 Å². The van der Waals surface area contributed by atoms with Gasteiger partial charge in [0.2, 0.25) is 0 Å². The zero-order valence-corrected chi connectivity index (χ0v) is 24.3. The average Bonchev–Trinajstić information content (AvgIpc) is 3.40. The fourth-order valence-electron chi connectivity index (χ4n) is 6.52. The molecule has 0 saturated carbocycles. The van der Waals surface area contributed by atoms with E-state index in [0.29, 0.717) is 0 Å². The van der Waals surface area contributed by atoms with E-state index in [9.17, 15) is 0 Å². The predicted molar refractivity (Wildman–Crippen MR) is 162 cm³/mol. The Labute approximate surface area is 238 Å². The summed E-state index contributed by atoms with van der Waals surface area (Å²) in [7, 11) is 4.42. The molecule has 1 atom stereocenters. The van der Waals surface area contributed by atoms with Gasteiger partial charge in [0.25, 0.3) is 0 Å². The van der Waals surface area contributed by atoms with Gasteiger partial charge in [-0.15, -0.1) is 0 Å². The van der Waals surface area contributed by atoms with Gasteiger partial charge in [-0.3, -0.25) is 0 Å². The van der Waals surface area contributed by atoms with Crippen molar-refractivity contribution in [1.29, 1.82) is 0 Å². The highest BCUT2D eigenvalue weighted by Crippen LogP contribution is 2.38. The second-order valence-electron chi connectivity index (χ2n) is 11.6. The van der Waals surface area contributed by atoms with E-state index >= 15 is 0 Å². The van der Waals surface area contributed by atoms with Crippen molar-refractivity contribution < 1.29 is 0 Å². The number of aromatic nitrogens is 3. The number of benzene rings is 1. The van der Waals surface area contributed by atoms with Gasteiger partial charge in [-0.05, 0) is 82.7 Å². The Kier molecular flexibility index (Phi) is 7.72. The van der Waals surface area contributed by atoms with Gasteiger partial charge in [0.15, 0.2) is 5.65 Å². The first-order chi connectivity index (χ1) is 19.0. The Morgan fingerprint density at radius 2 is 1.69 bits per heavy atom. The summed E-state index contributed by atoms with van der Waals surface area (Å²) in [6.45, 7) is 10.8. The molecule has 2 saturated heterocycles. The van der Waals surface area contributed by atoms with Crippen molar-refractivity contribution in [2.45, 2.75) is 57.4 Å². The minimum absolute atomic E-state index is 0.176. The van der Waals surface area contributed by atoms with Gasteiger partial charge >= 0.3 is 0 Å². The van der Waals surface area contributed by atoms with E-state index in [1.807, 2.05) is 6.07 Å². The molecule has 3 aliphatic rings. The van der Waals surface area contributed by atoms with Crippen LogP contribution >= 0.6 is 11.6 Å². The molecule has 3 aliphatic heterocycles. The largest absolute Gasteiger partial charge is 0.363 e. The first-order valence-electron chi connectivity index (χ1n) is 14.8. The lowest BCUT2D eigenvalue weighted by Crippen LogP contribution is -2.34. The molecule has 2 aromatic heterocycles. The lowest BCUT2D eigenvalue weighted by Gasteiger charge is -2.38. The SMILES string of the molecule is C=C1c2cc(Cl)ccc2CCCN(C)CCN(C)c2cc(N3CCCCC3)nc3cc(nn23)C2CCCCN12. The number of anilines is 2. The van der Waals surface area contributed by atoms with Gasteiger partial charge in [-0.1, -0.05) is 24.2 Å². The first kappa shape index (κ1) is 26.5. The summed E-state index contributed by atoms with van der Waals surface area (Å²) in [6, 6.07) is 11.0. The van der Waals surface area contributed by atoms with Crippen LogP contribution in [0.1, 0.15) is 67.8 Å². The summed E-state index contributed by atoms with van der Waals surface area (Å²) in [6.07, 6.45) is 9.31. The molecule has 2 fully saturated rings. The summed E-state index contributed by atoms with van der Waals surface area (Å²) in [4.78, 5) is 14.9. The third-order valence-electron chi connectivity index (χ3n) is 8.86. The van der Waals surface area contributed by atoms with Crippen LogP contribution in [-0.2, 0) is 6.42 Å². The maximum Gasteiger partial charge on any atom is 0.160 e. The number of hydrogen-bond donors (Lipinski definition) is 0. The zero-order valence-electron chi connectivity index (χ0n) is 23.6. The minimum atomic E-state index is 0.176. The Balaban J connectivity index is 1.46. The Morgan fingerprint density at radius 3 is 2.54 bits per heavy atom. The Hall–Kier alpha value is -2.77. The predicted octanol–water partition coefficient (Wildman–Crippen LogP) is 5.89. The van der Waals surface area contributed by atoms with E-state index in [1.54, 1.807) is 0 Å². The molecule has 6 rings (SSSR count). The lowest BCUT2D eigenvalue weighted by atomic mass is 9.94. The number of aryl methyl sites for hydroxylation is 1. The van der Waals surface area contributed by atoms with Crippen molar-refractivity contribution >= 4 is 34.6 Å². The van der Waals surface area contributed by atoms with Crippen LogP contribution in [0.25, 0.3) is 11.3 Å². The van der Waals surface area contributed by atoms with Crippen LogP contribution < -0.4 is 9.80 Å². The van der Waals surface area contributed by atoms with Crippen molar-refractivity contribution in [3.8, 4) is 0 Å². The first-order valence-corrected chi connectivity index (χ1v) is 15.2. The van der Waals surface area contributed by atoms with Crippen LogP contribution in [0, 0.1) is 0 Å². The number of piperidine rings is 2. The molecule has 1 aromatic carbocycles. The van der Waals surface area contributed by atoms with Crippen molar-refractivity contribution in [2.24, 2.45) is 0 Å². The van der Waals surface area contributed by atoms with Gasteiger partial charge in [0.05, 0.1) is 11.7 Å². The molecular weight excluding hydrogens is 506 g/mol. The van der Waals surface area contributed by atoms with Gasteiger partial charge < -0.3 is 19.6 Å².